The fourth-order valence-corrected chi connectivity index (χ4v) is 5.40. The van der Waals surface area contributed by atoms with Crippen LogP contribution in [0.2, 0.25) is 0 Å². The van der Waals surface area contributed by atoms with E-state index in [2.05, 4.69) is 15.3 Å². The van der Waals surface area contributed by atoms with E-state index in [1.807, 2.05) is 13.8 Å². The van der Waals surface area contributed by atoms with Gasteiger partial charge in [0.15, 0.2) is 5.13 Å². The molecule has 0 aliphatic carbocycles. The van der Waals surface area contributed by atoms with Crippen LogP contribution in [0.4, 0.5) is 5.13 Å². The Morgan fingerprint density at radius 1 is 1.14 bits per heavy atom. The molecule has 0 unspecified atom stereocenters. The van der Waals surface area contributed by atoms with Gasteiger partial charge in [0, 0.05) is 19.3 Å². The minimum absolute atomic E-state index is 0.244. The van der Waals surface area contributed by atoms with Crippen LogP contribution in [-0.2, 0) is 10.0 Å². The molecule has 0 radical (unpaired) electrons. The number of nitrogens with one attached hydrogen (secondary N) is 1. The predicted octanol–water partition coefficient (Wildman–Crippen LogP) is 3.75. The smallest absolute Gasteiger partial charge is 0.276 e. The highest BCUT2D eigenvalue weighted by Gasteiger charge is 2.24. The first-order chi connectivity index (χ1) is 13.5. The average molecular weight is 419 g/mol. The van der Waals surface area contributed by atoms with E-state index in [4.69, 9.17) is 0 Å². The summed E-state index contributed by atoms with van der Waals surface area (Å²) in [7, 11) is -3.56. The Kier molecular flexibility index (Phi) is 6.38. The molecule has 9 heteroatoms. The number of fused-ring (bicyclic) bond motifs is 1. The maximum absolute atomic E-state index is 13.0. The van der Waals surface area contributed by atoms with E-state index in [1.165, 1.54) is 15.6 Å². The van der Waals surface area contributed by atoms with Crippen molar-refractivity contribution < 1.29 is 13.2 Å². The molecular formula is C19H22N4O3S2. The van der Waals surface area contributed by atoms with Crippen molar-refractivity contribution in [1.29, 1.82) is 0 Å². The summed E-state index contributed by atoms with van der Waals surface area (Å²) in [5, 5.41) is 3.12. The number of benzene rings is 1. The van der Waals surface area contributed by atoms with Gasteiger partial charge in [-0.3, -0.25) is 15.1 Å². The summed E-state index contributed by atoms with van der Waals surface area (Å²) >= 11 is 1.24. The number of carbonyl (C=O) groups is 1. The van der Waals surface area contributed by atoms with E-state index in [-0.39, 0.29) is 10.8 Å². The first-order valence-corrected chi connectivity index (χ1v) is 11.3. The lowest BCUT2D eigenvalue weighted by Crippen LogP contribution is -2.32. The van der Waals surface area contributed by atoms with Crippen LogP contribution in [0.5, 0.6) is 0 Å². The molecule has 0 spiro atoms. The molecule has 0 atom stereocenters. The van der Waals surface area contributed by atoms with Gasteiger partial charge in [0.1, 0.15) is 5.69 Å². The summed E-state index contributed by atoms with van der Waals surface area (Å²) in [6.07, 6.45) is 3.06. The molecular weight excluding hydrogens is 396 g/mol. The Labute approximate surface area is 168 Å². The first-order valence-electron chi connectivity index (χ1n) is 9.08. The molecule has 0 aliphatic rings. The van der Waals surface area contributed by atoms with Crippen LogP contribution in [0, 0.1) is 0 Å². The number of rotatable bonds is 8. The number of nitrogens with zero attached hydrogens (tertiary/aromatic N) is 3. The van der Waals surface area contributed by atoms with Crippen LogP contribution in [0.3, 0.4) is 0 Å². The second-order valence-electron chi connectivity index (χ2n) is 6.22. The standard InChI is InChI=1S/C19H22N4O3S2/c1-3-11-23(12-4-2)28(25,26)14-8-9-15-17(13-14)27-19(21-15)22-18(24)16-7-5-6-10-20-16/h5-10,13H,3-4,11-12H2,1-2H3,(H,21,22,24). The lowest BCUT2D eigenvalue weighted by atomic mass is 10.3. The van der Waals surface area contributed by atoms with Gasteiger partial charge in [0.05, 0.1) is 15.1 Å². The lowest BCUT2D eigenvalue weighted by molar-refractivity contribution is 0.102. The number of hydrogen-bond donors (Lipinski definition) is 1. The van der Waals surface area contributed by atoms with Crippen LogP contribution >= 0.6 is 11.3 Å². The van der Waals surface area contributed by atoms with E-state index in [0.29, 0.717) is 34.1 Å². The van der Waals surface area contributed by atoms with Crippen molar-refractivity contribution in [3.8, 4) is 0 Å². The number of hydrogen-bond acceptors (Lipinski definition) is 6. The summed E-state index contributed by atoms with van der Waals surface area (Å²) in [6, 6.07) is 9.94. The number of anilines is 1. The molecule has 3 rings (SSSR count). The highest BCUT2D eigenvalue weighted by molar-refractivity contribution is 7.89. The van der Waals surface area contributed by atoms with Gasteiger partial charge in [0.25, 0.3) is 5.91 Å². The van der Waals surface area contributed by atoms with Crippen molar-refractivity contribution in [2.45, 2.75) is 31.6 Å². The predicted molar refractivity (Wildman–Crippen MR) is 111 cm³/mol. The third-order valence-electron chi connectivity index (χ3n) is 4.06. The van der Waals surface area contributed by atoms with Crippen molar-refractivity contribution in [1.82, 2.24) is 14.3 Å². The minimum atomic E-state index is -3.56. The Morgan fingerprint density at radius 3 is 2.54 bits per heavy atom. The van der Waals surface area contributed by atoms with Gasteiger partial charge >= 0.3 is 0 Å². The quantitative estimate of drug-likeness (QED) is 0.601. The number of carbonyl (C=O) groups excluding carboxylic acids is 1. The molecule has 3 aromatic rings. The Balaban J connectivity index is 1.87. The molecule has 1 amide bonds. The zero-order chi connectivity index (χ0) is 20.1. The normalized spacial score (nSPS) is 11.8. The second-order valence-corrected chi connectivity index (χ2v) is 9.19. The van der Waals surface area contributed by atoms with Crippen LogP contribution in [0.25, 0.3) is 10.2 Å². The minimum Gasteiger partial charge on any atom is -0.296 e. The number of thiazole rings is 1. The largest absolute Gasteiger partial charge is 0.296 e. The summed E-state index contributed by atoms with van der Waals surface area (Å²) < 4.78 is 28.1. The first kappa shape index (κ1) is 20.4. The zero-order valence-corrected chi connectivity index (χ0v) is 17.4. The summed E-state index contributed by atoms with van der Waals surface area (Å²) in [5.74, 6) is -0.357. The number of amides is 1. The number of sulfonamides is 1. The van der Waals surface area contributed by atoms with Gasteiger partial charge in [-0.1, -0.05) is 31.3 Å². The second kappa shape index (κ2) is 8.76. The van der Waals surface area contributed by atoms with E-state index in [1.54, 1.807) is 42.6 Å². The Morgan fingerprint density at radius 2 is 1.89 bits per heavy atom. The summed E-state index contributed by atoms with van der Waals surface area (Å²) in [5.41, 5.74) is 0.928. The fraction of sp³-hybridized carbons (Fsp3) is 0.316. The van der Waals surface area contributed by atoms with Crippen molar-refractivity contribution in [2.24, 2.45) is 0 Å². The Bertz CT molecular complexity index is 1060. The molecule has 1 N–H and O–H groups in total. The molecule has 28 heavy (non-hydrogen) atoms. The van der Waals surface area contributed by atoms with Crippen molar-refractivity contribution >= 4 is 42.6 Å². The zero-order valence-electron chi connectivity index (χ0n) is 15.8. The highest BCUT2D eigenvalue weighted by atomic mass is 32.2. The van der Waals surface area contributed by atoms with Crippen molar-refractivity contribution in [3.05, 3.63) is 48.3 Å². The molecule has 2 aromatic heterocycles. The number of aromatic nitrogens is 2. The molecule has 0 fully saturated rings. The third kappa shape index (κ3) is 4.37. The highest BCUT2D eigenvalue weighted by Crippen LogP contribution is 2.29. The molecule has 0 bridgehead atoms. The topological polar surface area (TPSA) is 92.3 Å². The van der Waals surface area contributed by atoms with E-state index in [0.717, 1.165) is 12.8 Å². The van der Waals surface area contributed by atoms with Gasteiger partial charge in [-0.15, -0.1) is 0 Å². The van der Waals surface area contributed by atoms with Crippen LogP contribution in [-0.4, -0.2) is 41.7 Å². The monoisotopic (exact) mass is 418 g/mol. The van der Waals surface area contributed by atoms with Crippen molar-refractivity contribution in [2.75, 3.05) is 18.4 Å². The molecule has 1 aromatic carbocycles. The van der Waals surface area contributed by atoms with E-state index in [9.17, 15) is 13.2 Å². The Hall–Kier alpha value is -2.36. The van der Waals surface area contributed by atoms with Crippen LogP contribution in [0.15, 0.2) is 47.5 Å². The summed E-state index contributed by atoms with van der Waals surface area (Å²) in [4.78, 5) is 20.9. The van der Waals surface area contributed by atoms with E-state index >= 15 is 0 Å². The van der Waals surface area contributed by atoms with E-state index < -0.39 is 10.0 Å². The summed E-state index contributed by atoms with van der Waals surface area (Å²) in [6.45, 7) is 4.90. The van der Waals surface area contributed by atoms with Gasteiger partial charge in [-0.2, -0.15) is 4.31 Å². The lowest BCUT2D eigenvalue weighted by Gasteiger charge is -2.20. The third-order valence-corrected chi connectivity index (χ3v) is 6.89. The molecule has 0 saturated carbocycles. The molecule has 148 valence electrons. The molecule has 0 aliphatic heterocycles. The van der Waals surface area contributed by atoms with Gasteiger partial charge < -0.3 is 0 Å². The van der Waals surface area contributed by atoms with Gasteiger partial charge in [-0.05, 0) is 43.2 Å². The van der Waals surface area contributed by atoms with Gasteiger partial charge in [0.2, 0.25) is 10.0 Å². The number of pyridine rings is 1. The average Bonchev–Trinajstić information content (AvgIpc) is 3.09. The van der Waals surface area contributed by atoms with Crippen LogP contribution in [0.1, 0.15) is 37.2 Å². The van der Waals surface area contributed by atoms with Crippen LogP contribution < -0.4 is 5.32 Å². The SMILES string of the molecule is CCCN(CCC)S(=O)(=O)c1ccc2nc(NC(=O)c3ccccn3)sc2c1. The molecule has 0 saturated heterocycles. The molecule has 7 nitrogen and oxygen atoms in total. The van der Waals surface area contributed by atoms with Crippen molar-refractivity contribution in [3.63, 3.8) is 0 Å². The molecule has 2 heterocycles. The fourth-order valence-electron chi connectivity index (χ4n) is 2.78. The maximum Gasteiger partial charge on any atom is 0.276 e. The maximum atomic E-state index is 13.0. The van der Waals surface area contributed by atoms with Gasteiger partial charge in [-0.25, -0.2) is 13.4 Å².